The number of benzene rings is 1. The minimum atomic E-state index is -0.286. The number of hydrogen-bond donors (Lipinski definition) is 0. The van der Waals surface area contributed by atoms with Gasteiger partial charge in [0, 0.05) is 11.9 Å². The van der Waals surface area contributed by atoms with Gasteiger partial charge in [-0.25, -0.2) is 4.63 Å². The first-order valence-electron chi connectivity index (χ1n) is 7.25. The number of carbonyl (C=O) groups excluding carboxylic acids is 1. The third kappa shape index (κ3) is 2.86. The van der Waals surface area contributed by atoms with E-state index in [1.165, 1.54) is 0 Å². The van der Waals surface area contributed by atoms with Crippen LogP contribution in [0.2, 0.25) is 5.02 Å². The maximum Gasteiger partial charge on any atom is 0.224 e. The predicted molar refractivity (Wildman–Crippen MR) is 86.2 cm³/mol. The van der Waals surface area contributed by atoms with E-state index in [2.05, 4.69) is 10.3 Å². The van der Waals surface area contributed by atoms with E-state index in [-0.39, 0.29) is 11.9 Å². The van der Waals surface area contributed by atoms with Gasteiger partial charge in [0.25, 0.3) is 0 Å². The first-order valence-corrected chi connectivity index (χ1v) is 7.63. The van der Waals surface area contributed by atoms with Crippen molar-refractivity contribution in [2.24, 2.45) is 0 Å². The Morgan fingerprint density at radius 3 is 2.55 bits per heavy atom. The molecule has 0 bridgehead atoms. The predicted octanol–water partition coefficient (Wildman–Crippen LogP) is 4.02. The Kier molecular flexibility index (Phi) is 4.86. The Morgan fingerprint density at radius 1 is 1.36 bits per heavy atom. The van der Waals surface area contributed by atoms with Crippen molar-refractivity contribution < 1.29 is 9.42 Å². The number of aromatic nitrogens is 2. The number of carbonyl (C=O) groups is 1. The van der Waals surface area contributed by atoms with Gasteiger partial charge in [-0.05, 0) is 44.4 Å². The monoisotopic (exact) mass is 321 g/mol. The minimum Gasteiger partial charge on any atom is -0.303 e. The molecule has 0 aliphatic rings. The van der Waals surface area contributed by atoms with E-state index in [1.807, 2.05) is 39.8 Å². The van der Waals surface area contributed by atoms with Crippen LogP contribution in [0.5, 0.6) is 0 Å². The minimum absolute atomic E-state index is 0.0741. The molecule has 1 unspecified atom stereocenters. The van der Waals surface area contributed by atoms with Crippen LogP contribution < -0.4 is 4.90 Å². The summed E-state index contributed by atoms with van der Waals surface area (Å²) in [7, 11) is 0. The number of nitrogens with zero attached hydrogens (tertiary/aromatic N) is 3. The zero-order valence-corrected chi connectivity index (χ0v) is 14.2. The van der Waals surface area contributed by atoms with Gasteiger partial charge in [0.15, 0.2) is 0 Å². The summed E-state index contributed by atoms with van der Waals surface area (Å²) >= 11 is 6.33. The zero-order chi connectivity index (χ0) is 16.4. The van der Waals surface area contributed by atoms with Crippen molar-refractivity contribution >= 4 is 23.2 Å². The quantitative estimate of drug-likeness (QED) is 0.853. The smallest absolute Gasteiger partial charge is 0.224 e. The summed E-state index contributed by atoms with van der Waals surface area (Å²) in [6.07, 6.45) is 0.738. The highest BCUT2D eigenvalue weighted by Gasteiger charge is 2.28. The Morgan fingerprint density at radius 2 is 2.05 bits per heavy atom. The van der Waals surface area contributed by atoms with Crippen molar-refractivity contribution in [3.63, 3.8) is 0 Å². The van der Waals surface area contributed by atoms with Crippen molar-refractivity contribution in [1.29, 1.82) is 0 Å². The molecule has 118 valence electrons. The molecular formula is C16H20ClN3O2. The van der Waals surface area contributed by atoms with Gasteiger partial charge in [-0.1, -0.05) is 34.9 Å². The van der Waals surface area contributed by atoms with Crippen LogP contribution in [0.25, 0.3) is 0 Å². The van der Waals surface area contributed by atoms with Crippen LogP contribution in [-0.2, 0) is 11.2 Å². The lowest BCUT2D eigenvalue weighted by Crippen LogP contribution is -2.33. The summed E-state index contributed by atoms with van der Waals surface area (Å²) in [6, 6.07) is 3.50. The Labute approximate surface area is 135 Å². The van der Waals surface area contributed by atoms with Crippen LogP contribution in [0, 0.1) is 13.8 Å². The molecule has 22 heavy (non-hydrogen) atoms. The maximum absolute atomic E-state index is 12.3. The van der Waals surface area contributed by atoms with Crippen molar-refractivity contribution in [2.75, 3.05) is 4.90 Å². The summed E-state index contributed by atoms with van der Waals surface area (Å²) in [6.45, 7) is 9.26. The average molecular weight is 322 g/mol. The van der Waals surface area contributed by atoms with Crippen molar-refractivity contribution in [1.82, 2.24) is 10.3 Å². The normalized spacial score (nSPS) is 12.3. The third-order valence-electron chi connectivity index (χ3n) is 3.83. The maximum atomic E-state index is 12.3. The fourth-order valence-electron chi connectivity index (χ4n) is 2.76. The van der Waals surface area contributed by atoms with Crippen LogP contribution >= 0.6 is 11.6 Å². The van der Waals surface area contributed by atoms with Crippen molar-refractivity contribution in [3.05, 3.63) is 39.7 Å². The van der Waals surface area contributed by atoms with Crippen LogP contribution in [0.15, 0.2) is 16.8 Å². The largest absolute Gasteiger partial charge is 0.303 e. The van der Waals surface area contributed by atoms with Gasteiger partial charge < -0.3 is 4.90 Å². The molecule has 1 aromatic heterocycles. The second kappa shape index (κ2) is 6.48. The van der Waals surface area contributed by atoms with Crippen LogP contribution in [0.1, 0.15) is 49.3 Å². The second-order valence-electron chi connectivity index (χ2n) is 5.34. The average Bonchev–Trinajstić information content (AvgIpc) is 2.88. The van der Waals surface area contributed by atoms with Crippen LogP contribution in [0.4, 0.5) is 5.69 Å². The first kappa shape index (κ1) is 16.5. The molecule has 0 spiro atoms. The molecule has 1 amide bonds. The molecule has 0 aliphatic carbocycles. The summed E-state index contributed by atoms with van der Waals surface area (Å²) in [5, 5.41) is 8.41. The highest BCUT2D eigenvalue weighted by molar-refractivity contribution is 6.32. The lowest BCUT2D eigenvalue weighted by Gasteiger charge is -2.31. The number of aryl methyl sites for hydroxylation is 2. The summed E-state index contributed by atoms with van der Waals surface area (Å²) in [4.78, 5) is 14.0. The summed E-state index contributed by atoms with van der Waals surface area (Å²) in [5.41, 5.74) is 4.13. The van der Waals surface area contributed by atoms with Gasteiger partial charge in [0.05, 0.1) is 11.7 Å². The Bertz CT molecular complexity index is 697. The first-order chi connectivity index (χ1) is 10.4. The van der Waals surface area contributed by atoms with E-state index >= 15 is 0 Å². The van der Waals surface area contributed by atoms with E-state index in [4.69, 9.17) is 16.2 Å². The number of rotatable bonds is 4. The molecule has 0 N–H and O–H groups in total. The molecule has 1 heterocycles. The number of amides is 1. The van der Waals surface area contributed by atoms with Gasteiger partial charge in [-0.15, -0.1) is 0 Å². The molecule has 0 saturated carbocycles. The van der Waals surface area contributed by atoms with E-state index in [0.717, 1.165) is 23.2 Å². The zero-order valence-electron chi connectivity index (χ0n) is 13.5. The molecule has 0 saturated heterocycles. The fourth-order valence-corrected chi connectivity index (χ4v) is 3.05. The molecule has 1 atom stereocenters. The highest BCUT2D eigenvalue weighted by Crippen LogP contribution is 2.36. The molecule has 0 aliphatic heterocycles. The summed E-state index contributed by atoms with van der Waals surface area (Å²) < 4.78 is 4.78. The van der Waals surface area contributed by atoms with Gasteiger partial charge in [0.2, 0.25) is 5.91 Å². The topological polar surface area (TPSA) is 59.2 Å². The number of hydrogen-bond acceptors (Lipinski definition) is 4. The van der Waals surface area contributed by atoms with Gasteiger partial charge >= 0.3 is 0 Å². The highest BCUT2D eigenvalue weighted by atomic mass is 35.5. The van der Waals surface area contributed by atoms with Crippen LogP contribution in [-0.4, -0.2) is 16.2 Å². The molecule has 5 nitrogen and oxygen atoms in total. The number of anilines is 1. The molecule has 2 rings (SSSR count). The fraction of sp³-hybridized carbons (Fsp3) is 0.438. The molecular weight excluding hydrogens is 302 g/mol. The van der Waals surface area contributed by atoms with Gasteiger partial charge in [0.1, 0.15) is 11.4 Å². The van der Waals surface area contributed by atoms with E-state index in [0.29, 0.717) is 16.4 Å². The molecule has 1 aromatic carbocycles. The van der Waals surface area contributed by atoms with Crippen molar-refractivity contribution in [3.8, 4) is 0 Å². The summed E-state index contributed by atoms with van der Waals surface area (Å²) in [5.74, 6) is -0.0741. The lowest BCUT2D eigenvalue weighted by molar-refractivity contribution is -0.117. The molecule has 2 aromatic rings. The lowest BCUT2D eigenvalue weighted by atomic mass is 10.0. The van der Waals surface area contributed by atoms with E-state index in [9.17, 15) is 4.79 Å². The molecule has 0 fully saturated rings. The Balaban J connectivity index is 2.61. The van der Waals surface area contributed by atoms with Crippen molar-refractivity contribution in [2.45, 2.75) is 47.1 Å². The SMILES string of the molecule is CCc1c(Cl)ccc(C)c1N(C(C)=O)C(C)c1nonc1C. The number of halogens is 1. The van der Waals surface area contributed by atoms with E-state index in [1.54, 1.807) is 11.8 Å². The second-order valence-corrected chi connectivity index (χ2v) is 5.75. The van der Waals surface area contributed by atoms with Gasteiger partial charge in [-0.2, -0.15) is 0 Å². The molecule has 0 radical (unpaired) electrons. The standard InChI is InChI=1S/C16H20ClN3O2/c1-6-13-14(17)8-7-9(2)16(13)20(12(5)21)11(4)15-10(3)18-22-19-15/h7-8,11H,6H2,1-5H3. The molecule has 6 heteroatoms. The Hall–Kier alpha value is -1.88. The van der Waals surface area contributed by atoms with Gasteiger partial charge in [-0.3, -0.25) is 4.79 Å². The van der Waals surface area contributed by atoms with E-state index < -0.39 is 0 Å². The third-order valence-corrected chi connectivity index (χ3v) is 4.19. The van der Waals surface area contributed by atoms with Crippen LogP contribution in [0.3, 0.4) is 0 Å².